The van der Waals surface area contributed by atoms with Gasteiger partial charge in [0.25, 0.3) is 5.89 Å². The normalized spacial score (nSPS) is 11.4. The highest BCUT2D eigenvalue weighted by Gasteiger charge is 2.17. The third-order valence-electron chi connectivity index (χ3n) is 3.66. The van der Waals surface area contributed by atoms with Gasteiger partial charge in [0, 0.05) is 24.0 Å². The van der Waals surface area contributed by atoms with Gasteiger partial charge in [-0.15, -0.1) is 10.2 Å². The Kier molecular flexibility index (Phi) is 4.22. The molecule has 0 bridgehead atoms. The number of ether oxygens (including phenoxy) is 1. The van der Waals surface area contributed by atoms with Crippen LogP contribution in [0.1, 0.15) is 18.0 Å². The van der Waals surface area contributed by atoms with Crippen LogP contribution in [0.3, 0.4) is 0 Å². The summed E-state index contributed by atoms with van der Waals surface area (Å²) >= 11 is 0. The predicted molar refractivity (Wildman–Crippen MR) is 84.1 cm³/mol. The summed E-state index contributed by atoms with van der Waals surface area (Å²) in [5.41, 5.74) is 1.45. The molecule has 0 N–H and O–H groups in total. The predicted octanol–water partition coefficient (Wildman–Crippen LogP) is 4.18. The van der Waals surface area contributed by atoms with Crippen LogP contribution in [0.5, 0.6) is 5.75 Å². The summed E-state index contributed by atoms with van der Waals surface area (Å²) in [6, 6.07) is 6.42. The van der Waals surface area contributed by atoms with Gasteiger partial charge in [0.15, 0.2) is 11.6 Å². The first-order chi connectivity index (χ1) is 13.0. The molecule has 3 heterocycles. The molecule has 1 aromatic carbocycles. The Morgan fingerprint density at radius 3 is 2.67 bits per heavy atom. The van der Waals surface area contributed by atoms with Gasteiger partial charge in [-0.3, -0.25) is 0 Å². The zero-order chi connectivity index (χ0) is 19.0. The molecule has 0 spiro atoms. The molecule has 138 valence electrons. The lowest BCUT2D eigenvalue weighted by Gasteiger charge is -2.03. The largest absolute Gasteiger partial charge is 0.487 e. The second-order valence-electron chi connectivity index (χ2n) is 5.52. The first-order valence-corrected chi connectivity index (χ1v) is 7.67. The molecule has 0 saturated carbocycles. The van der Waals surface area contributed by atoms with Gasteiger partial charge in [-0.1, -0.05) is 0 Å². The molecule has 4 aromatic rings. The van der Waals surface area contributed by atoms with Gasteiger partial charge in [-0.05, 0) is 24.3 Å². The van der Waals surface area contributed by atoms with E-state index in [0.29, 0.717) is 16.9 Å². The number of halogens is 4. The number of hydrogen-bond donors (Lipinski definition) is 0. The van der Waals surface area contributed by atoms with Crippen molar-refractivity contribution in [2.45, 2.75) is 13.0 Å². The van der Waals surface area contributed by atoms with Gasteiger partial charge in [-0.2, -0.15) is 8.78 Å². The monoisotopic (exact) mass is 378 g/mol. The van der Waals surface area contributed by atoms with E-state index >= 15 is 0 Å². The first kappa shape index (κ1) is 17.0. The van der Waals surface area contributed by atoms with Crippen LogP contribution in [-0.2, 0) is 6.61 Å². The van der Waals surface area contributed by atoms with E-state index in [2.05, 4.69) is 15.2 Å². The van der Waals surface area contributed by atoms with Crippen LogP contribution in [0, 0.1) is 11.6 Å². The van der Waals surface area contributed by atoms with Gasteiger partial charge in [0.2, 0.25) is 5.89 Å². The zero-order valence-electron chi connectivity index (χ0n) is 13.4. The molecule has 0 atom stereocenters. The van der Waals surface area contributed by atoms with Crippen LogP contribution < -0.4 is 4.74 Å². The van der Waals surface area contributed by atoms with Crippen molar-refractivity contribution in [3.05, 3.63) is 65.9 Å². The second-order valence-corrected chi connectivity index (χ2v) is 5.52. The topological polar surface area (TPSA) is 65.5 Å². The molecule has 0 amide bonds. The number of aromatic nitrogens is 4. The van der Waals surface area contributed by atoms with E-state index in [4.69, 9.17) is 9.15 Å². The summed E-state index contributed by atoms with van der Waals surface area (Å²) in [7, 11) is 0. The Balaban J connectivity index is 1.54. The number of rotatable bonds is 5. The van der Waals surface area contributed by atoms with Gasteiger partial charge in [0.05, 0.1) is 5.69 Å². The Bertz CT molecular complexity index is 1110. The lowest BCUT2D eigenvalue weighted by Crippen LogP contribution is -1.96. The van der Waals surface area contributed by atoms with Crippen LogP contribution in [0.15, 0.2) is 47.1 Å². The third kappa shape index (κ3) is 3.46. The smallest absolute Gasteiger partial charge is 0.314 e. The molecule has 6 nitrogen and oxygen atoms in total. The van der Waals surface area contributed by atoms with E-state index < -0.39 is 24.0 Å². The highest BCUT2D eigenvalue weighted by molar-refractivity contribution is 5.59. The first-order valence-electron chi connectivity index (χ1n) is 7.67. The third-order valence-corrected chi connectivity index (χ3v) is 3.66. The lowest BCUT2D eigenvalue weighted by molar-refractivity contribution is 0.116. The molecular formula is C17H10F4N4O2. The maximum absolute atomic E-state index is 13.2. The van der Waals surface area contributed by atoms with Crippen molar-refractivity contribution in [2.24, 2.45) is 0 Å². The molecule has 0 aliphatic heterocycles. The SMILES string of the molecule is Fc1ccc(OCc2cn3ccc(-c4nnc(C(F)F)o4)cc3n2)cc1F. The molecule has 3 aromatic heterocycles. The number of hydrogen-bond acceptors (Lipinski definition) is 5. The minimum Gasteiger partial charge on any atom is -0.487 e. The van der Waals surface area contributed by atoms with E-state index in [-0.39, 0.29) is 18.2 Å². The molecular weight excluding hydrogens is 368 g/mol. The Labute approximate surface area is 149 Å². The molecule has 0 fully saturated rings. The number of imidazole rings is 1. The van der Waals surface area contributed by atoms with Crippen LogP contribution in [0.25, 0.3) is 17.1 Å². The number of nitrogens with zero attached hydrogens (tertiary/aromatic N) is 4. The maximum atomic E-state index is 13.2. The highest BCUT2D eigenvalue weighted by atomic mass is 19.3. The van der Waals surface area contributed by atoms with E-state index in [9.17, 15) is 17.6 Å². The Hall–Kier alpha value is -3.43. The van der Waals surface area contributed by atoms with Crippen LogP contribution in [0.4, 0.5) is 17.6 Å². The number of fused-ring (bicyclic) bond motifs is 1. The fraction of sp³-hybridized carbons (Fsp3) is 0.118. The van der Waals surface area contributed by atoms with Gasteiger partial charge < -0.3 is 13.6 Å². The van der Waals surface area contributed by atoms with Crippen LogP contribution >= 0.6 is 0 Å². The van der Waals surface area contributed by atoms with Crippen LogP contribution in [0.2, 0.25) is 0 Å². The second kappa shape index (κ2) is 6.71. The van der Waals surface area contributed by atoms with Crippen molar-refractivity contribution in [3.63, 3.8) is 0 Å². The average molecular weight is 378 g/mol. The molecule has 10 heteroatoms. The number of pyridine rings is 1. The van der Waals surface area contributed by atoms with Gasteiger partial charge in [0.1, 0.15) is 18.0 Å². The maximum Gasteiger partial charge on any atom is 0.314 e. The molecule has 0 aliphatic carbocycles. The van der Waals surface area contributed by atoms with E-state index in [1.54, 1.807) is 28.9 Å². The van der Waals surface area contributed by atoms with E-state index in [1.807, 2.05) is 0 Å². The van der Waals surface area contributed by atoms with Crippen molar-refractivity contribution in [1.29, 1.82) is 0 Å². The van der Waals surface area contributed by atoms with Crippen molar-refractivity contribution >= 4 is 5.65 Å². The minimum absolute atomic E-state index is 0.0260. The minimum atomic E-state index is -2.85. The van der Waals surface area contributed by atoms with Gasteiger partial charge in [-0.25, -0.2) is 13.8 Å². The number of benzene rings is 1. The highest BCUT2D eigenvalue weighted by Crippen LogP contribution is 2.24. The van der Waals surface area contributed by atoms with Crippen molar-refractivity contribution < 1.29 is 26.7 Å². The lowest BCUT2D eigenvalue weighted by atomic mass is 10.2. The fourth-order valence-corrected chi connectivity index (χ4v) is 2.40. The quantitative estimate of drug-likeness (QED) is 0.488. The average Bonchev–Trinajstić information content (AvgIpc) is 3.28. The van der Waals surface area contributed by atoms with Crippen molar-refractivity contribution in [3.8, 4) is 17.2 Å². The fourth-order valence-electron chi connectivity index (χ4n) is 2.40. The Morgan fingerprint density at radius 1 is 1.07 bits per heavy atom. The van der Waals surface area contributed by atoms with Gasteiger partial charge >= 0.3 is 6.43 Å². The van der Waals surface area contributed by atoms with E-state index in [0.717, 1.165) is 12.1 Å². The van der Waals surface area contributed by atoms with Crippen molar-refractivity contribution in [2.75, 3.05) is 0 Å². The zero-order valence-corrected chi connectivity index (χ0v) is 13.4. The van der Waals surface area contributed by atoms with E-state index in [1.165, 1.54) is 6.07 Å². The van der Waals surface area contributed by atoms with Crippen LogP contribution in [-0.4, -0.2) is 19.6 Å². The summed E-state index contributed by atoms with van der Waals surface area (Å²) in [6.07, 6.45) is 0.476. The summed E-state index contributed by atoms with van der Waals surface area (Å²) in [6.45, 7) is 0.0260. The molecule has 0 aliphatic rings. The molecule has 0 unspecified atom stereocenters. The summed E-state index contributed by atoms with van der Waals surface area (Å²) in [4.78, 5) is 4.33. The summed E-state index contributed by atoms with van der Waals surface area (Å²) < 4.78 is 63.2. The summed E-state index contributed by atoms with van der Waals surface area (Å²) in [5.74, 6) is -2.60. The standard InChI is InChI=1S/C17H10F4N4O2/c18-12-2-1-11(6-13(12)19)26-8-10-7-25-4-3-9(5-14(25)22-10)16-23-24-17(27-16)15(20)21/h1-7,15H,8H2. The summed E-state index contributed by atoms with van der Waals surface area (Å²) in [5, 5.41) is 6.87. The molecule has 27 heavy (non-hydrogen) atoms. The Morgan fingerprint density at radius 2 is 1.93 bits per heavy atom. The molecule has 4 rings (SSSR count). The molecule has 0 radical (unpaired) electrons. The van der Waals surface area contributed by atoms with Crippen molar-refractivity contribution in [1.82, 2.24) is 19.6 Å². The number of alkyl halides is 2. The molecule has 0 saturated heterocycles.